The number of hydrogen-bond acceptors (Lipinski definition) is 3. The van der Waals surface area contributed by atoms with Gasteiger partial charge in [0.05, 0.1) is 7.11 Å². The average molecular weight is 230 g/mol. The molecule has 0 saturated carbocycles. The van der Waals surface area contributed by atoms with E-state index in [1.54, 1.807) is 7.11 Å². The van der Waals surface area contributed by atoms with Gasteiger partial charge >= 0.3 is 0 Å². The molecule has 1 aromatic carbocycles. The van der Waals surface area contributed by atoms with Crippen molar-refractivity contribution in [1.29, 1.82) is 0 Å². The molecule has 0 fully saturated rings. The minimum absolute atomic E-state index is 0. The Bertz CT molecular complexity index is 440. The highest BCUT2D eigenvalue weighted by Gasteiger charge is 2.07. The summed E-state index contributed by atoms with van der Waals surface area (Å²) in [6, 6.07) is 12.3. The predicted molar refractivity (Wildman–Crippen MR) is 69.8 cm³/mol. The Morgan fingerprint density at radius 1 is 0.941 bits per heavy atom. The van der Waals surface area contributed by atoms with Crippen LogP contribution in [0.3, 0.4) is 0 Å². The van der Waals surface area contributed by atoms with E-state index in [2.05, 4.69) is 36.2 Å². The topological polar surface area (TPSA) is 57.1 Å². The van der Waals surface area contributed by atoms with Crippen molar-refractivity contribution in [3.8, 4) is 5.75 Å². The second-order valence-corrected chi connectivity index (χ2v) is 3.78. The van der Waals surface area contributed by atoms with Crippen molar-refractivity contribution in [2.45, 2.75) is 12.8 Å². The summed E-state index contributed by atoms with van der Waals surface area (Å²) in [6.45, 7) is 2.19. The molecule has 17 heavy (non-hydrogen) atoms. The van der Waals surface area contributed by atoms with Crippen LogP contribution in [0.2, 0.25) is 0 Å². The molecule has 0 saturated heterocycles. The van der Waals surface area contributed by atoms with E-state index in [1.807, 2.05) is 24.5 Å². The predicted octanol–water partition coefficient (Wildman–Crippen LogP) is 3.40. The fourth-order valence-corrected chi connectivity index (χ4v) is 1.74. The monoisotopic (exact) mass is 230 g/mol. The fourth-order valence-electron chi connectivity index (χ4n) is 1.74. The Balaban J connectivity index is 0.00000144. The van der Waals surface area contributed by atoms with Crippen molar-refractivity contribution >= 4 is 0 Å². The Hall–Kier alpha value is -1.87. The second kappa shape index (κ2) is 6.01. The molecule has 0 aliphatic rings. The summed E-state index contributed by atoms with van der Waals surface area (Å²) in [5.74, 6) is 1.28. The maximum absolute atomic E-state index is 5.14. The molecule has 0 radical (unpaired) electrons. The molecule has 90 valence electrons. The lowest BCUT2D eigenvalue weighted by atomic mass is 9.94. The molecular formula is C14H18N2O. The van der Waals surface area contributed by atoms with Gasteiger partial charge in [-0.15, -0.1) is 0 Å². The molecule has 3 heteroatoms. The first-order valence-corrected chi connectivity index (χ1v) is 5.35. The summed E-state index contributed by atoms with van der Waals surface area (Å²) in [6.07, 6.45) is 3.66. The Morgan fingerprint density at radius 2 is 1.47 bits per heavy atom. The maximum atomic E-state index is 5.14. The van der Waals surface area contributed by atoms with E-state index in [0.717, 1.165) is 5.75 Å². The zero-order chi connectivity index (χ0) is 11.4. The molecule has 1 heterocycles. The van der Waals surface area contributed by atoms with Crippen molar-refractivity contribution < 1.29 is 4.74 Å². The number of aromatic nitrogens is 1. The lowest BCUT2D eigenvalue weighted by Crippen LogP contribution is -1.96. The first-order valence-electron chi connectivity index (χ1n) is 5.35. The van der Waals surface area contributed by atoms with Crippen molar-refractivity contribution in [2.24, 2.45) is 0 Å². The van der Waals surface area contributed by atoms with E-state index in [4.69, 9.17) is 4.74 Å². The summed E-state index contributed by atoms with van der Waals surface area (Å²) in [5, 5.41) is 0. The molecule has 3 N–H and O–H groups in total. The quantitative estimate of drug-likeness (QED) is 0.879. The SMILES string of the molecule is COc1ccc(C(C)c2ccncc2)cc1.N. The zero-order valence-electron chi connectivity index (χ0n) is 10.3. The van der Waals surface area contributed by atoms with Crippen molar-refractivity contribution in [3.63, 3.8) is 0 Å². The smallest absolute Gasteiger partial charge is 0.118 e. The van der Waals surface area contributed by atoms with E-state index in [1.165, 1.54) is 11.1 Å². The van der Waals surface area contributed by atoms with Gasteiger partial charge in [0.15, 0.2) is 0 Å². The summed E-state index contributed by atoms with van der Waals surface area (Å²) in [5.41, 5.74) is 2.56. The summed E-state index contributed by atoms with van der Waals surface area (Å²) in [4.78, 5) is 4.03. The Labute approximate surface area is 102 Å². The van der Waals surface area contributed by atoms with Crippen LogP contribution in [0.4, 0.5) is 0 Å². The number of benzene rings is 1. The number of ether oxygens (including phenoxy) is 1. The highest BCUT2D eigenvalue weighted by atomic mass is 16.5. The molecule has 0 aliphatic heterocycles. The maximum Gasteiger partial charge on any atom is 0.118 e. The number of pyridine rings is 1. The third-order valence-electron chi connectivity index (χ3n) is 2.82. The Kier molecular flexibility index (Phi) is 4.67. The zero-order valence-corrected chi connectivity index (χ0v) is 10.3. The highest BCUT2D eigenvalue weighted by molar-refractivity contribution is 5.34. The minimum Gasteiger partial charge on any atom is -0.497 e. The van der Waals surface area contributed by atoms with Gasteiger partial charge in [0, 0.05) is 18.3 Å². The van der Waals surface area contributed by atoms with Gasteiger partial charge in [-0.05, 0) is 35.4 Å². The van der Waals surface area contributed by atoms with E-state index in [-0.39, 0.29) is 6.15 Å². The lowest BCUT2D eigenvalue weighted by molar-refractivity contribution is 0.414. The Morgan fingerprint density at radius 3 is 2.00 bits per heavy atom. The molecule has 1 atom stereocenters. The molecular weight excluding hydrogens is 212 g/mol. The third kappa shape index (κ3) is 3.04. The molecule has 2 aromatic rings. The number of methoxy groups -OCH3 is 1. The average Bonchev–Trinajstić information content (AvgIpc) is 2.39. The van der Waals surface area contributed by atoms with Gasteiger partial charge in [0.25, 0.3) is 0 Å². The summed E-state index contributed by atoms with van der Waals surface area (Å²) in [7, 11) is 1.68. The van der Waals surface area contributed by atoms with Crippen LogP contribution in [0.1, 0.15) is 24.0 Å². The summed E-state index contributed by atoms with van der Waals surface area (Å²) < 4.78 is 5.14. The van der Waals surface area contributed by atoms with Gasteiger partial charge in [-0.1, -0.05) is 19.1 Å². The van der Waals surface area contributed by atoms with E-state index in [0.29, 0.717) is 5.92 Å². The molecule has 0 spiro atoms. The van der Waals surface area contributed by atoms with Crippen LogP contribution in [0, 0.1) is 0 Å². The molecule has 0 aliphatic carbocycles. The van der Waals surface area contributed by atoms with Crippen LogP contribution in [0.25, 0.3) is 0 Å². The van der Waals surface area contributed by atoms with E-state index in [9.17, 15) is 0 Å². The molecule has 1 unspecified atom stereocenters. The molecule has 2 rings (SSSR count). The molecule has 0 amide bonds. The van der Waals surface area contributed by atoms with Crippen molar-refractivity contribution in [3.05, 3.63) is 59.9 Å². The van der Waals surface area contributed by atoms with Crippen LogP contribution < -0.4 is 10.9 Å². The van der Waals surface area contributed by atoms with Crippen LogP contribution in [-0.2, 0) is 0 Å². The van der Waals surface area contributed by atoms with Crippen molar-refractivity contribution in [2.75, 3.05) is 7.11 Å². The minimum atomic E-state index is 0. The van der Waals surface area contributed by atoms with E-state index < -0.39 is 0 Å². The highest BCUT2D eigenvalue weighted by Crippen LogP contribution is 2.24. The number of hydrogen-bond donors (Lipinski definition) is 1. The van der Waals surface area contributed by atoms with E-state index >= 15 is 0 Å². The largest absolute Gasteiger partial charge is 0.497 e. The molecule has 3 nitrogen and oxygen atoms in total. The van der Waals surface area contributed by atoms with Gasteiger partial charge in [-0.2, -0.15) is 0 Å². The number of rotatable bonds is 3. The van der Waals surface area contributed by atoms with Gasteiger partial charge in [-0.25, -0.2) is 0 Å². The molecule has 0 bridgehead atoms. The van der Waals surface area contributed by atoms with Crippen molar-refractivity contribution in [1.82, 2.24) is 11.1 Å². The third-order valence-corrected chi connectivity index (χ3v) is 2.82. The second-order valence-electron chi connectivity index (χ2n) is 3.78. The summed E-state index contributed by atoms with van der Waals surface area (Å²) >= 11 is 0. The first kappa shape index (κ1) is 13.2. The first-order chi connectivity index (χ1) is 7.81. The van der Waals surface area contributed by atoms with Crippen LogP contribution >= 0.6 is 0 Å². The van der Waals surface area contributed by atoms with Gasteiger partial charge in [-0.3, -0.25) is 4.98 Å². The number of nitrogens with zero attached hydrogens (tertiary/aromatic N) is 1. The van der Waals surface area contributed by atoms with Crippen LogP contribution in [0.5, 0.6) is 5.75 Å². The fraction of sp³-hybridized carbons (Fsp3) is 0.214. The van der Waals surface area contributed by atoms with Gasteiger partial charge < -0.3 is 10.9 Å². The van der Waals surface area contributed by atoms with Crippen LogP contribution in [-0.4, -0.2) is 12.1 Å². The standard InChI is InChI=1S/C14H15NO.H3N/c1-11(13-7-9-15-10-8-13)12-3-5-14(16-2)6-4-12;/h3-11H,1-2H3;1H3. The normalized spacial score (nSPS) is 11.4. The van der Waals surface area contributed by atoms with Gasteiger partial charge in [0.2, 0.25) is 0 Å². The lowest BCUT2D eigenvalue weighted by Gasteiger charge is -2.12. The molecule has 1 aromatic heterocycles. The van der Waals surface area contributed by atoms with Crippen LogP contribution in [0.15, 0.2) is 48.8 Å². The van der Waals surface area contributed by atoms with Gasteiger partial charge in [0.1, 0.15) is 5.75 Å².